The van der Waals surface area contributed by atoms with Crippen molar-refractivity contribution in [1.29, 1.82) is 0 Å². The molecule has 15 heavy (non-hydrogen) atoms. The van der Waals surface area contributed by atoms with E-state index in [0.717, 1.165) is 5.82 Å². The van der Waals surface area contributed by atoms with E-state index in [-0.39, 0.29) is 5.56 Å². The Morgan fingerprint density at radius 3 is 2.87 bits per heavy atom. The molecule has 78 valence electrons. The molecule has 0 atom stereocenters. The molecule has 2 aromatic rings. The molecule has 0 unspecified atom stereocenters. The standard InChI is InChI=1S/C10H10ClN3O/c1-13-8(11)6-12-9(13)7-14-5-3-2-4-10(14)15/h2-6H,7H2,1H3. The molecule has 0 bridgehead atoms. The summed E-state index contributed by atoms with van der Waals surface area (Å²) in [5.74, 6) is 0.758. The summed E-state index contributed by atoms with van der Waals surface area (Å²) in [5.41, 5.74) is -0.0448. The fraction of sp³-hybridized carbons (Fsp3) is 0.200. The molecule has 0 aromatic carbocycles. The van der Waals surface area contributed by atoms with Gasteiger partial charge in [-0.05, 0) is 6.07 Å². The highest BCUT2D eigenvalue weighted by Crippen LogP contribution is 2.09. The van der Waals surface area contributed by atoms with Gasteiger partial charge in [0.2, 0.25) is 0 Å². The van der Waals surface area contributed by atoms with E-state index in [2.05, 4.69) is 4.98 Å². The number of halogens is 1. The van der Waals surface area contributed by atoms with Crippen molar-refractivity contribution in [3.8, 4) is 0 Å². The molecule has 0 spiro atoms. The van der Waals surface area contributed by atoms with Crippen molar-refractivity contribution >= 4 is 11.6 Å². The molecule has 0 fully saturated rings. The summed E-state index contributed by atoms with van der Waals surface area (Å²) < 4.78 is 3.33. The lowest BCUT2D eigenvalue weighted by Gasteiger charge is -2.05. The van der Waals surface area contributed by atoms with Gasteiger partial charge in [0.25, 0.3) is 5.56 Å². The van der Waals surface area contributed by atoms with E-state index < -0.39 is 0 Å². The van der Waals surface area contributed by atoms with Crippen LogP contribution in [-0.2, 0) is 13.6 Å². The SMILES string of the molecule is Cn1c(Cl)cnc1Cn1ccccc1=O. The van der Waals surface area contributed by atoms with Crippen molar-refractivity contribution < 1.29 is 0 Å². The van der Waals surface area contributed by atoms with Crippen LogP contribution in [0.4, 0.5) is 0 Å². The van der Waals surface area contributed by atoms with Gasteiger partial charge in [-0.1, -0.05) is 17.7 Å². The Balaban J connectivity index is 2.34. The van der Waals surface area contributed by atoms with E-state index in [4.69, 9.17) is 11.6 Å². The summed E-state index contributed by atoms with van der Waals surface area (Å²) in [7, 11) is 1.82. The number of imidazole rings is 1. The van der Waals surface area contributed by atoms with Gasteiger partial charge in [-0.3, -0.25) is 4.79 Å². The van der Waals surface area contributed by atoms with Gasteiger partial charge < -0.3 is 9.13 Å². The van der Waals surface area contributed by atoms with Crippen LogP contribution in [0.1, 0.15) is 5.82 Å². The average molecular weight is 224 g/mol. The van der Waals surface area contributed by atoms with E-state index in [0.29, 0.717) is 11.7 Å². The van der Waals surface area contributed by atoms with Gasteiger partial charge in [-0.25, -0.2) is 4.98 Å². The second-order valence-electron chi connectivity index (χ2n) is 3.22. The molecular formula is C10H10ClN3O. The third kappa shape index (κ3) is 1.94. The van der Waals surface area contributed by atoms with Gasteiger partial charge in [0.1, 0.15) is 11.0 Å². The number of rotatable bonds is 2. The maximum atomic E-state index is 11.4. The smallest absolute Gasteiger partial charge is 0.250 e. The molecule has 2 aromatic heterocycles. The molecule has 0 aliphatic carbocycles. The lowest BCUT2D eigenvalue weighted by atomic mass is 10.4. The summed E-state index contributed by atoms with van der Waals surface area (Å²) in [4.78, 5) is 15.6. The van der Waals surface area contributed by atoms with Crippen molar-refractivity contribution in [2.24, 2.45) is 7.05 Å². The first-order valence-corrected chi connectivity index (χ1v) is 4.88. The minimum absolute atomic E-state index is 0.0448. The van der Waals surface area contributed by atoms with Gasteiger partial charge in [0.05, 0.1) is 12.7 Å². The zero-order chi connectivity index (χ0) is 10.8. The van der Waals surface area contributed by atoms with Crippen LogP contribution in [0.25, 0.3) is 0 Å². The maximum Gasteiger partial charge on any atom is 0.250 e. The molecule has 0 N–H and O–H groups in total. The summed E-state index contributed by atoms with van der Waals surface area (Å²) in [6, 6.07) is 5.04. The highest BCUT2D eigenvalue weighted by molar-refractivity contribution is 6.29. The molecule has 0 saturated heterocycles. The molecule has 0 aliphatic rings. The van der Waals surface area contributed by atoms with Crippen LogP contribution < -0.4 is 5.56 Å². The summed E-state index contributed by atoms with van der Waals surface area (Å²) in [5, 5.41) is 0.564. The number of hydrogen-bond acceptors (Lipinski definition) is 2. The number of nitrogens with zero attached hydrogens (tertiary/aromatic N) is 3. The maximum absolute atomic E-state index is 11.4. The molecule has 2 heterocycles. The summed E-state index contributed by atoms with van der Waals surface area (Å²) in [6.45, 7) is 0.433. The molecule has 0 amide bonds. The minimum atomic E-state index is -0.0448. The first kappa shape index (κ1) is 9.98. The molecule has 0 aliphatic heterocycles. The second-order valence-corrected chi connectivity index (χ2v) is 3.61. The van der Waals surface area contributed by atoms with Crippen molar-refractivity contribution in [2.45, 2.75) is 6.54 Å². The molecule has 5 heteroatoms. The van der Waals surface area contributed by atoms with Crippen LogP contribution >= 0.6 is 11.6 Å². The largest absolute Gasteiger partial charge is 0.321 e. The van der Waals surface area contributed by atoms with Crippen molar-refractivity contribution in [1.82, 2.24) is 14.1 Å². The first-order chi connectivity index (χ1) is 7.18. The first-order valence-electron chi connectivity index (χ1n) is 4.50. The molecular weight excluding hydrogens is 214 g/mol. The number of hydrogen-bond donors (Lipinski definition) is 0. The zero-order valence-electron chi connectivity index (χ0n) is 8.22. The fourth-order valence-corrected chi connectivity index (χ4v) is 1.46. The Hall–Kier alpha value is -1.55. The number of pyridine rings is 1. The predicted octanol–water partition coefficient (Wildman–Crippen LogP) is 1.28. The lowest BCUT2D eigenvalue weighted by Crippen LogP contribution is -2.20. The van der Waals surface area contributed by atoms with E-state index in [1.165, 1.54) is 6.07 Å². The second kappa shape index (κ2) is 3.90. The number of aromatic nitrogens is 3. The molecule has 0 saturated carbocycles. The fourth-order valence-electron chi connectivity index (χ4n) is 1.31. The van der Waals surface area contributed by atoms with Gasteiger partial charge >= 0.3 is 0 Å². The van der Waals surface area contributed by atoms with E-state index >= 15 is 0 Å². The van der Waals surface area contributed by atoms with Crippen LogP contribution in [0.5, 0.6) is 0 Å². The van der Waals surface area contributed by atoms with Crippen LogP contribution in [0.3, 0.4) is 0 Å². The molecule has 2 rings (SSSR count). The van der Waals surface area contributed by atoms with Gasteiger partial charge in [0.15, 0.2) is 0 Å². The van der Waals surface area contributed by atoms with Gasteiger partial charge in [-0.15, -0.1) is 0 Å². The van der Waals surface area contributed by atoms with E-state index in [1.54, 1.807) is 27.6 Å². The Morgan fingerprint density at radius 1 is 1.47 bits per heavy atom. The molecule has 0 radical (unpaired) electrons. The quantitative estimate of drug-likeness (QED) is 0.770. The highest BCUT2D eigenvalue weighted by atomic mass is 35.5. The summed E-state index contributed by atoms with van der Waals surface area (Å²) >= 11 is 5.85. The minimum Gasteiger partial charge on any atom is -0.321 e. The van der Waals surface area contributed by atoms with Crippen LogP contribution in [0.2, 0.25) is 5.15 Å². The predicted molar refractivity (Wildman–Crippen MR) is 58.0 cm³/mol. The van der Waals surface area contributed by atoms with E-state index in [1.807, 2.05) is 13.1 Å². The third-order valence-electron chi connectivity index (χ3n) is 2.24. The Kier molecular flexibility index (Phi) is 2.60. The lowest BCUT2D eigenvalue weighted by molar-refractivity contribution is 0.679. The topological polar surface area (TPSA) is 39.8 Å². The van der Waals surface area contributed by atoms with Crippen molar-refractivity contribution in [3.63, 3.8) is 0 Å². The van der Waals surface area contributed by atoms with Crippen LogP contribution in [0, 0.1) is 0 Å². The third-order valence-corrected chi connectivity index (χ3v) is 2.59. The average Bonchev–Trinajstić information content (AvgIpc) is 2.53. The van der Waals surface area contributed by atoms with Crippen molar-refractivity contribution in [2.75, 3.05) is 0 Å². The Bertz CT molecular complexity index is 529. The summed E-state index contributed by atoms with van der Waals surface area (Å²) in [6.07, 6.45) is 3.30. The molecule has 4 nitrogen and oxygen atoms in total. The van der Waals surface area contributed by atoms with Gasteiger partial charge in [0, 0.05) is 19.3 Å². The monoisotopic (exact) mass is 223 g/mol. The van der Waals surface area contributed by atoms with Crippen LogP contribution in [0.15, 0.2) is 35.4 Å². The van der Waals surface area contributed by atoms with Crippen molar-refractivity contribution in [3.05, 3.63) is 51.9 Å². The Morgan fingerprint density at radius 2 is 2.27 bits per heavy atom. The zero-order valence-corrected chi connectivity index (χ0v) is 8.98. The van der Waals surface area contributed by atoms with Crippen LogP contribution in [-0.4, -0.2) is 14.1 Å². The normalized spacial score (nSPS) is 10.5. The highest BCUT2D eigenvalue weighted by Gasteiger charge is 2.05. The van der Waals surface area contributed by atoms with Gasteiger partial charge in [-0.2, -0.15) is 0 Å². The Labute approximate surface area is 91.8 Å². The van der Waals surface area contributed by atoms with E-state index in [9.17, 15) is 4.79 Å².